The second-order valence-electron chi connectivity index (χ2n) is 3.22. The van der Waals surface area contributed by atoms with Crippen LogP contribution >= 0.6 is 22.6 Å². The second-order valence-corrected chi connectivity index (χ2v) is 4.38. The summed E-state index contributed by atoms with van der Waals surface area (Å²) in [5, 5.41) is 1.12. The summed E-state index contributed by atoms with van der Waals surface area (Å²) in [6.07, 6.45) is 3.95. The van der Waals surface area contributed by atoms with Crippen molar-refractivity contribution in [3.63, 3.8) is 0 Å². The molecule has 0 bridgehead atoms. The molecule has 0 aromatic carbocycles. The smallest absolute Gasteiger partial charge is 0.159 e. The quantitative estimate of drug-likeness (QED) is 0.796. The van der Waals surface area contributed by atoms with Gasteiger partial charge in [-0.3, -0.25) is 0 Å². The minimum absolute atomic E-state index is 0.858. The Bertz CT molecular complexity index is 454. The van der Waals surface area contributed by atoms with Gasteiger partial charge in [0, 0.05) is 15.2 Å². The number of pyridine rings is 2. The van der Waals surface area contributed by atoms with Gasteiger partial charge in [0.25, 0.3) is 0 Å². The molecule has 2 aromatic heterocycles. The number of rotatable bonds is 2. The number of hydrogen-bond donors (Lipinski definition) is 0. The molecule has 0 saturated heterocycles. The molecule has 0 aliphatic carbocycles. The van der Waals surface area contributed by atoms with E-state index in [1.165, 1.54) is 9.26 Å². The van der Waals surface area contributed by atoms with Gasteiger partial charge in [0.05, 0.1) is 5.69 Å². The molecule has 2 nitrogen and oxygen atoms in total. The molecule has 2 aromatic rings. The fraction of sp³-hybridized carbons (Fsp3) is 0.273. The monoisotopic (exact) mass is 298 g/mol. The minimum Gasteiger partial charge on any atom is -0.237 e. The molecule has 0 unspecified atom stereocenters. The van der Waals surface area contributed by atoms with Gasteiger partial charge in [0.1, 0.15) is 0 Å². The Balaban J connectivity index is 2.59. The first kappa shape index (κ1) is 9.83. The summed E-state index contributed by atoms with van der Waals surface area (Å²) in [7, 11) is 0. The van der Waals surface area contributed by atoms with Crippen molar-refractivity contribution in [3.05, 3.63) is 33.7 Å². The standard InChI is InChI=1S/C11H11IN2/c1-2-4-10-9(12)7-8-5-3-6-13-11(8)14-10/h3,5-7H,2,4H2,1H3. The van der Waals surface area contributed by atoms with Crippen LogP contribution in [0.25, 0.3) is 11.0 Å². The third-order valence-electron chi connectivity index (χ3n) is 2.10. The second kappa shape index (κ2) is 4.21. The molecule has 14 heavy (non-hydrogen) atoms. The first-order valence-electron chi connectivity index (χ1n) is 4.71. The average molecular weight is 298 g/mol. The fourth-order valence-electron chi connectivity index (χ4n) is 1.43. The zero-order chi connectivity index (χ0) is 9.97. The van der Waals surface area contributed by atoms with Crippen LogP contribution in [-0.4, -0.2) is 9.97 Å². The predicted molar refractivity (Wildman–Crippen MR) is 66.3 cm³/mol. The summed E-state index contributed by atoms with van der Waals surface area (Å²) in [5.74, 6) is 0. The Labute approximate surface area is 96.9 Å². The summed E-state index contributed by atoms with van der Waals surface area (Å²) in [6.45, 7) is 2.17. The number of hydrogen-bond acceptors (Lipinski definition) is 2. The zero-order valence-electron chi connectivity index (χ0n) is 8.00. The topological polar surface area (TPSA) is 25.8 Å². The van der Waals surface area contributed by atoms with E-state index in [9.17, 15) is 0 Å². The van der Waals surface area contributed by atoms with Gasteiger partial charge in [-0.05, 0) is 47.2 Å². The minimum atomic E-state index is 0.858. The highest BCUT2D eigenvalue weighted by Crippen LogP contribution is 2.17. The van der Waals surface area contributed by atoms with E-state index in [1.807, 2.05) is 12.1 Å². The summed E-state index contributed by atoms with van der Waals surface area (Å²) in [6, 6.07) is 6.15. The SMILES string of the molecule is CCCc1nc2ncccc2cc1I. The van der Waals surface area contributed by atoms with Crippen LogP contribution in [0, 0.1) is 3.57 Å². The van der Waals surface area contributed by atoms with Gasteiger partial charge in [0.15, 0.2) is 5.65 Å². The normalized spacial score (nSPS) is 10.7. The molecule has 0 aliphatic heterocycles. The summed E-state index contributed by atoms with van der Waals surface area (Å²) < 4.78 is 1.24. The van der Waals surface area contributed by atoms with Crippen molar-refractivity contribution >= 4 is 33.6 Å². The van der Waals surface area contributed by atoms with Crippen LogP contribution in [0.3, 0.4) is 0 Å². The molecule has 3 heteroatoms. The molecule has 0 atom stereocenters. The molecule has 0 N–H and O–H groups in total. The van der Waals surface area contributed by atoms with Crippen molar-refractivity contribution in [1.82, 2.24) is 9.97 Å². The summed E-state index contributed by atoms with van der Waals surface area (Å²) in [4.78, 5) is 8.80. The lowest BCUT2D eigenvalue weighted by Crippen LogP contribution is -1.95. The van der Waals surface area contributed by atoms with Gasteiger partial charge >= 0.3 is 0 Å². The lowest BCUT2D eigenvalue weighted by Gasteiger charge is -2.03. The Kier molecular flexibility index (Phi) is 2.96. The molecular formula is C11H11IN2. The highest BCUT2D eigenvalue weighted by molar-refractivity contribution is 14.1. The van der Waals surface area contributed by atoms with Crippen molar-refractivity contribution in [3.8, 4) is 0 Å². The number of halogens is 1. The van der Waals surface area contributed by atoms with Crippen molar-refractivity contribution in [1.29, 1.82) is 0 Å². The molecule has 2 rings (SSSR count). The highest BCUT2D eigenvalue weighted by Gasteiger charge is 2.03. The Morgan fingerprint density at radius 1 is 1.43 bits per heavy atom. The van der Waals surface area contributed by atoms with Crippen molar-refractivity contribution in [2.45, 2.75) is 19.8 Å². The molecular weight excluding hydrogens is 287 g/mol. The van der Waals surface area contributed by atoms with Crippen LogP contribution in [0.5, 0.6) is 0 Å². The number of aromatic nitrogens is 2. The van der Waals surface area contributed by atoms with Crippen molar-refractivity contribution in [2.24, 2.45) is 0 Å². The molecule has 72 valence electrons. The van der Waals surface area contributed by atoms with Gasteiger partial charge in [-0.2, -0.15) is 0 Å². The fourth-order valence-corrected chi connectivity index (χ4v) is 2.15. The molecule has 2 heterocycles. The third-order valence-corrected chi connectivity index (χ3v) is 3.04. The van der Waals surface area contributed by atoms with Crippen LogP contribution < -0.4 is 0 Å². The molecule has 0 radical (unpaired) electrons. The molecule has 0 amide bonds. The van der Waals surface area contributed by atoms with E-state index in [0.29, 0.717) is 0 Å². The van der Waals surface area contributed by atoms with E-state index >= 15 is 0 Å². The van der Waals surface area contributed by atoms with Gasteiger partial charge in [0.2, 0.25) is 0 Å². The molecule has 0 aliphatic rings. The first-order chi connectivity index (χ1) is 6.81. The average Bonchev–Trinajstić information content (AvgIpc) is 2.19. The van der Waals surface area contributed by atoms with Crippen molar-refractivity contribution < 1.29 is 0 Å². The molecule has 0 fully saturated rings. The maximum Gasteiger partial charge on any atom is 0.159 e. The van der Waals surface area contributed by atoms with E-state index in [1.54, 1.807) is 6.20 Å². The first-order valence-corrected chi connectivity index (χ1v) is 5.79. The van der Waals surface area contributed by atoms with Gasteiger partial charge in [-0.25, -0.2) is 9.97 Å². The Hall–Kier alpha value is -0.710. The lowest BCUT2D eigenvalue weighted by molar-refractivity contribution is 0.881. The van der Waals surface area contributed by atoms with Crippen LogP contribution in [-0.2, 0) is 6.42 Å². The van der Waals surface area contributed by atoms with Gasteiger partial charge in [-0.15, -0.1) is 0 Å². The number of fused-ring (bicyclic) bond motifs is 1. The maximum absolute atomic E-state index is 4.55. The number of aryl methyl sites for hydroxylation is 1. The molecule has 0 saturated carbocycles. The van der Waals surface area contributed by atoms with E-state index in [0.717, 1.165) is 23.9 Å². The van der Waals surface area contributed by atoms with E-state index in [4.69, 9.17) is 0 Å². The van der Waals surface area contributed by atoms with Crippen LogP contribution in [0.1, 0.15) is 19.0 Å². The lowest BCUT2D eigenvalue weighted by atomic mass is 10.2. The largest absolute Gasteiger partial charge is 0.237 e. The van der Waals surface area contributed by atoms with Crippen LogP contribution in [0.2, 0.25) is 0 Å². The zero-order valence-corrected chi connectivity index (χ0v) is 10.2. The van der Waals surface area contributed by atoms with E-state index in [2.05, 4.69) is 45.5 Å². The Morgan fingerprint density at radius 3 is 3.07 bits per heavy atom. The summed E-state index contributed by atoms with van der Waals surface area (Å²) in [5.41, 5.74) is 2.02. The predicted octanol–water partition coefficient (Wildman–Crippen LogP) is 3.19. The van der Waals surface area contributed by atoms with Gasteiger partial charge in [-0.1, -0.05) is 13.3 Å². The van der Waals surface area contributed by atoms with Crippen LogP contribution in [0.15, 0.2) is 24.4 Å². The van der Waals surface area contributed by atoms with Gasteiger partial charge < -0.3 is 0 Å². The highest BCUT2D eigenvalue weighted by atomic mass is 127. The molecule has 0 spiro atoms. The van der Waals surface area contributed by atoms with Crippen LogP contribution in [0.4, 0.5) is 0 Å². The third kappa shape index (κ3) is 1.87. The number of nitrogens with zero attached hydrogens (tertiary/aromatic N) is 2. The van der Waals surface area contributed by atoms with Crippen molar-refractivity contribution in [2.75, 3.05) is 0 Å². The van der Waals surface area contributed by atoms with E-state index < -0.39 is 0 Å². The van der Waals surface area contributed by atoms with E-state index in [-0.39, 0.29) is 0 Å². The Morgan fingerprint density at radius 2 is 2.29 bits per heavy atom. The summed E-state index contributed by atoms with van der Waals surface area (Å²) >= 11 is 2.34. The maximum atomic E-state index is 4.55.